The minimum Gasteiger partial charge on any atom is -0.439 e. The van der Waals surface area contributed by atoms with E-state index in [-0.39, 0.29) is 28.4 Å². The molecule has 13 rings (SSSR count). The normalized spacial score (nSPS) is 15.8. The Hall–Kier alpha value is -6.76. The molecule has 0 saturated carbocycles. The topological polar surface area (TPSA) is 24.6 Å². The largest absolute Gasteiger partial charge is 0.439 e. The lowest BCUT2D eigenvalue weighted by Gasteiger charge is -2.43. The minimum absolute atomic E-state index is 0.0116. The van der Waals surface area contributed by atoms with Crippen LogP contribution in [0.4, 0.5) is 34.3 Å². The lowest BCUT2D eigenvalue weighted by molar-refractivity contribution is 0.324. The molecule has 364 valence electrons. The SMILES string of the molecule is Cc1cc2c3c(c1)N(c1ccc(C(C)(C)C)cc1)c1oc4c(sc5ccc(-c6c(C)cccc6C)cc54)c1B3c1cc3c(cc1N2c1ccc(C(C)(C)C)cc1)c1c(n3-c2ccccc2)C(C)(C)CCC1(C)C. The van der Waals surface area contributed by atoms with Crippen molar-refractivity contribution in [3.05, 3.63) is 179 Å². The van der Waals surface area contributed by atoms with Gasteiger partial charge in [0.2, 0.25) is 5.88 Å². The van der Waals surface area contributed by atoms with Crippen molar-refractivity contribution >= 4 is 100 Å². The Morgan fingerprint density at radius 1 is 0.562 bits per heavy atom. The maximum Gasteiger partial charge on any atom is 0.258 e. The van der Waals surface area contributed by atoms with Crippen LogP contribution in [0.5, 0.6) is 0 Å². The summed E-state index contributed by atoms with van der Waals surface area (Å²) in [6.45, 7) is 30.3. The van der Waals surface area contributed by atoms with Gasteiger partial charge in [0, 0.05) is 66.2 Å². The summed E-state index contributed by atoms with van der Waals surface area (Å²) >= 11 is 1.89. The van der Waals surface area contributed by atoms with Crippen molar-refractivity contribution in [3.8, 4) is 16.8 Å². The Kier molecular flexibility index (Phi) is 9.86. The first kappa shape index (κ1) is 46.1. The van der Waals surface area contributed by atoms with Crippen LogP contribution in [0, 0.1) is 20.8 Å². The van der Waals surface area contributed by atoms with Gasteiger partial charge in [-0.3, -0.25) is 4.90 Å². The van der Waals surface area contributed by atoms with Crippen molar-refractivity contribution in [2.24, 2.45) is 0 Å². The van der Waals surface area contributed by atoms with Gasteiger partial charge >= 0.3 is 0 Å². The maximum atomic E-state index is 7.64. The van der Waals surface area contributed by atoms with Gasteiger partial charge in [-0.1, -0.05) is 136 Å². The van der Waals surface area contributed by atoms with Crippen LogP contribution in [0.2, 0.25) is 0 Å². The molecule has 0 atom stereocenters. The number of hydrogen-bond donors (Lipinski definition) is 0. The third kappa shape index (κ3) is 6.85. The molecular formula is C67H66BN3OS. The fourth-order valence-corrected chi connectivity index (χ4v) is 14.3. The van der Waals surface area contributed by atoms with Gasteiger partial charge in [0.15, 0.2) is 5.58 Å². The fourth-order valence-electron chi connectivity index (χ4n) is 13.1. The monoisotopic (exact) mass is 972 g/mol. The van der Waals surface area contributed by atoms with E-state index in [1.165, 1.54) is 121 Å². The third-order valence-electron chi connectivity index (χ3n) is 17.0. The maximum absolute atomic E-state index is 7.64. The van der Waals surface area contributed by atoms with E-state index in [9.17, 15) is 0 Å². The number of furan rings is 1. The van der Waals surface area contributed by atoms with Gasteiger partial charge in [0.25, 0.3) is 6.71 Å². The highest BCUT2D eigenvalue weighted by Gasteiger charge is 2.49. The number of aromatic nitrogens is 1. The lowest BCUT2D eigenvalue weighted by Crippen LogP contribution is -2.61. The molecule has 3 aromatic heterocycles. The zero-order valence-electron chi connectivity index (χ0n) is 44.9. The van der Waals surface area contributed by atoms with Crippen LogP contribution < -0.4 is 26.2 Å². The van der Waals surface area contributed by atoms with E-state index in [4.69, 9.17) is 4.42 Å². The number of fused-ring (bicyclic) bond motifs is 11. The van der Waals surface area contributed by atoms with Crippen LogP contribution in [0.1, 0.15) is 121 Å². The van der Waals surface area contributed by atoms with Crippen molar-refractivity contribution < 1.29 is 4.42 Å². The highest BCUT2D eigenvalue weighted by Crippen LogP contribution is 2.54. The van der Waals surface area contributed by atoms with Crippen LogP contribution in [0.3, 0.4) is 0 Å². The van der Waals surface area contributed by atoms with Gasteiger partial charge in [-0.2, -0.15) is 0 Å². The standard InChI is InChI=1S/C67H66BN3OS/c1-39-34-53-58-54(35-39)71(47-29-25-44(26-30-47)65(7,8)9)63-59(61-60(72-63)49-36-42(22-31-55(49)73-61)56-40(2)18-17-19-41(56)3)68(58)50-38-51-48(37-52(50)69(53)46-27-23-43(24-28-46)64(4,5)6)57-62(67(12,13)33-32-66(57,10)11)70(51)45-20-15-14-16-21-45/h14-31,34-38H,32-33H2,1-13H3. The molecule has 1 aliphatic carbocycles. The molecule has 7 aromatic carbocycles. The minimum atomic E-state index is -0.125. The number of rotatable bonds is 4. The summed E-state index contributed by atoms with van der Waals surface area (Å²) in [6.07, 6.45) is 2.25. The Bertz CT molecular complexity index is 3890. The van der Waals surface area contributed by atoms with E-state index in [1.54, 1.807) is 0 Å². The second kappa shape index (κ2) is 15.6. The van der Waals surface area contributed by atoms with E-state index >= 15 is 0 Å². The molecule has 3 aliphatic rings. The number of benzene rings is 7. The summed E-state index contributed by atoms with van der Waals surface area (Å²) in [5.41, 5.74) is 25.0. The van der Waals surface area contributed by atoms with E-state index < -0.39 is 0 Å². The summed E-state index contributed by atoms with van der Waals surface area (Å²) in [5, 5.41) is 2.51. The Balaban J connectivity index is 1.17. The summed E-state index contributed by atoms with van der Waals surface area (Å²) < 4.78 is 12.7. The average Bonchev–Trinajstić information content (AvgIpc) is 4.01. The summed E-state index contributed by atoms with van der Waals surface area (Å²) in [6, 6.07) is 53.6. The summed E-state index contributed by atoms with van der Waals surface area (Å²) in [7, 11) is 0. The van der Waals surface area contributed by atoms with Gasteiger partial charge in [0.1, 0.15) is 0 Å². The van der Waals surface area contributed by atoms with Crippen molar-refractivity contribution in [2.45, 2.75) is 125 Å². The molecule has 0 spiro atoms. The molecule has 0 unspecified atom stereocenters. The predicted octanol–water partition coefficient (Wildman–Crippen LogP) is 17.2. The molecule has 0 radical (unpaired) electrons. The summed E-state index contributed by atoms with van der Waals surface area (Å²) in [4.78, 5) is 5.07. The fraction of sp³-hybridized carbons (Fsp3) is 0.284. The van der Waals surface area contributed by atoms with Gasteiger partial charge in [0.05, 0.1) is 10.2 Å². The molecule has 0 bridgehead atoms. The van der Waals surface area contributed by atoms with Crippen LogP contribution in [0.25, 0.3) is 48.1 Å². The molecule has 6 heteroatoms. The average molecular weight is 972 g/mol. The Labute approximate surface area is 436 Å². The molecular weight excluding hydrogens is 906 g/mol. The van der Waals surface area contributed by atoms with Crippen molar-refractivity contribution in [1.29, 1.82) is 0 Å². The van der Waals surface area contributed by atoms with Crippen LogP contribution in [-0.2, 0) is 21.7 Å². The molecule has 10 aromatic rings. The number of aryl methyl sites for hydroxylation is 3. The first-order valence-corrected chi connectivity index (χ1v) is 27.3. The highest BCUT2D eigenvalue weighted by molar-refractivity contribution is 7.28. The van der Waals surface area contributed by atoms with E-state index in [1.807, 2.05) is 11.3 Å². The lowest BCUT2D eigenvalue weighted by atomic mass is 9.34. The van der Waals surface area contributed by atoms with Gasteiger partial charge in [-0.05, 0) is 178 Å². The first-order valence-electron chi connectivity index (χ1n) is 26.5. The second-order valence-corrected chi connectivity index (χ2v) is 26.1. The molecule has 73 heavy (non-hydrogen) atoms. The number of para-hydroxylation sites is 1. The van der Waals surface area contributed by atoms with E-state index in [0.29, 0.717) is 0 Å². The Morgan fingerprint density at radius 2 is 1.16 bits per heavy atom. The smallest absolute Gasteiger partial charge is 0.258 e. The quantitative estimate of drug-likeness (QED) is 0.164. The Morgan fingerprint density at radius 3 is 1.79 bits per heavy atom. The zero-order valence-corrected chi connectivity index (χ0v) is 45.7. The second-order valence-electron chi connectivity index (χ2n) is 25.1. The first-order chi connectivity index (χ1) is 34.7. The molecule has 4 nitrogen and oxygen atoms in total. The van der Waals surface area contributed by atoms with Crippen LogP contribution >= 0.6 is 11.3 Å². The molecule has 0 amide bonds. The number of hydrogen-bond acceptors (Lipinski definition) is 4. The van der Waals surface area contributed by atoms with E-state index in [2.05, 4.69) is 244 Å². The van der Waals surface area contributed by atoms with Gasteiger partial charge in [-0.25, -0.2) is 0 Å². The predicted molar refractivity (Wildman–Crippen MR) is 315 cm³/mol. The van der Waals surface area contributed by atoms with E-state index in [0.717, 1.165) is 30.0 Å². The molecule has 0 N–H and O–H groups in total. The molecule has 0 fully saturated rings. The number of thiophene rings is 1. The van der Waals surface area contributed by atoms with Crippen molar-refractivity contribution in [3.63, 3.8) is 0 Å². The van der Waals surface area contributed by atoms with Crippen molar-refractivity contribution in [1.82, 2.24) is 4.57 Å². The third-order valence-corrected chi connectivity index (χ3v) is 18.2. The van der Waals surface area contributed by atoms with Crippen LogP contribution in [-0.4, -0.2) is 11.3 Å². The molecule has 2 aliphatic heterocycles. The summed E-state index contributed by atoms with van der Waals surface area (Å²) in [5.74, 6) is 0.909. The zero-order chi connectivity index (χ0) is 50.8. The van der Waals surface area contributed by atoms with Gasteiger partial charge < -0.3 is 13.9 Å². The number of nitrogens with zero attached hydrogens (tertiary/aromatic N) is 3. The highest BCUT2D eigenvalue weighted by atomic mass is 32.1. The van der Waals surface area contributed by atoms with Crippen molar-refractivity contribution in [2.75, 3.05) is 9.80 Å². The molecule has 0 saturated heterocycles. The number of anilines is 6. The molecule has 5 heterocycles. The van der Waals surface area contributed by atoms with Crippen LogP contribution in [0.15, 0.2) is 144 Å². The van der Waals surface area contributed by atoms with Gasteiger partial charge in [-0.15, -0.1) is 11.3 Å².